The molecule has 0 amide bonds. The van der Waals surface area contributed by atoms with Crippen molar-refractivity contribution >= 4 is 29.3 Å². The molecule has 0 fully saturated rings. The van der Waals surface area contributed by atoms with E-state index >= 15 is 0 Å². The average Bonchev–Trinajstić information content (AvgIpc) is 2.45. The Kier molecular flexibility index (Phi) is 4.79. The van der Waals surface area contributed by atoms with Gasteiger partial charge in [0.15, 0.2) is 0 Å². The van der Waals surface area contributed by atoms with E-state index in [9.17, 15) is 18.0 Å². The molecule has 0 bridgehead atoms. The van der Waals surface area contributed by atoms with Crippen LogP contribution in [0.25, 0.3) is 6.08 Å². The fourth-order valence-corrected chi connectivity index (χ4v) is 2.34. The van der Waals surface area contributed by atoms with Crippen molar-refractivity contribution in [2.45, 2.75) is 31.0 Å². The Morgan fingerprint density at radius 3 is 2.70 bits per heavy atom. The van der Waals surface area contributed by atoms with E-state index in [0.29, 0.717) is 12.2 Å². The van der Waals surface area contributed by atoms with E-state index in [1.165, 1.54) is 12.1 Å². The number of fused-ring (bicyclic) bond motifs is 1. The van der Waals surface area contributed by atoms with Gasteiger partial charge in [-0.1, -0.05) is 24.9 Å². The second-order valence-corrected chi connectivity index (χ2v) is 5.62. The van der Waals surface area contributed by atoms with Crippen molar-refractivity contribution in [3.63, 3.8) is 0 Å². The van der Waals surface area contributed by atoms with Crippen molar-refractivity contribution < 1.29 is 27.8 Å². The van der Waals surface area contributed by atoms with Crippen molar-refractivity contribution in [1.29, 1.82) is 0 Å². The van der Waals surface area contributed by atoms with Crippen LogP contribution in [-0.4, -0.2) is 28.9 Å². The molecular weight excluding hydrogens is 335 g/mol. The highest BCUT2D eigenvalue weighted by Crippen LogP contribution is 2.48. The molecule has 1 aromatic carbocycles. The number of carbonyl (C=O) groups is 1. The number of hydrogen-bond donors (Lipinski definition) is 2. The molecule has 4 nitrogen and oxygen atoms in total. The predicted octanol–water partition coefficient (Wildman–Crippen LogP) is 4.26. The van der Waals surface area contributed by atoms with Gasteiger partial charge in [-0.2, -0.15) is 13.2 Å². The standard InChI is InChI=1S/C15H15ClF3NO3/c1-2-3-6-20-10-5-4-9-7-11(13(21)22)14(16,15(17,18)19)23-12(9)8-10/h4-5,7-8,20H,2-3,6H2,1H3,(H,21,22). The Hall–Kier alpha value is -1.89. The maximum absolute atomic E-state index is 13.2. The van der Waals surface area contributed by atoms with Gasteiger partial charge < -0.3 is 15.2 Å². The number of rotatable bonds is 5. The molecule has 1 aliphatic rings. The van der Waals surface area contributed by atoms with Gasteiger partial charge in [0.05, 0.1) is 0 Å². The number of nitrogens with one attached hydrogen (secondary N) is 1. The van der Waals surface area contributed by atoms with Crippen LogP contribution >= 0.6 is 11.6 Å². The zero-order valence-corrected chi connectivity index (χ0v) is 13.0. The van der Waals surface area contributed by atoms with Crippen molar-refractivity contribution in [1.82, 2.24) is 0 Å². The first kappa shape index (κ1) is 17.5. The Morgan fingerprint density at radius 2 is 2.13 bits per heavy atom. The molecule has 8 heteroatoms. The number of ether oxygens (including phenoxy) is 1. The Labute approximate surface area is 135 Å². The first-order chi connectivity index (χ1) is 10.7. The van der Waals surface area contributed by atoms with E-state index in [-0.39, 0.29) is 11.3 Å². The van der Waals surface area contributed by atoms with Gasteiger partial charge in [0.25, 0.3) is 0 Å². The Bertz CT molecular complexity index is 645. The highest BCUT2D eigenvalue weighted by Gasteiger charge is 2.62. The fourth-order valence-electron chi connectivity index (χ4n) is 2.13. The molecule has 2 rings (SSSR count). The molecule has 2 N–H and O–H groups in total. The summed E-state index contributed by atoms with van der Waals surface area (Å²) in [6, 6.07) is 4.50. The van der Waals surface area contributed by atoms with Gasteiger partial charge >= 0.3 is 17.2 Å². The van der Waals surface area contributed by atoms with E-state index in [0.717, 1.165) is 18.9 Å². The summed E-state index contributed by atoms with van der Waals surface area (Å²) in [5.41, 5.74) is -0.264. The second-order valence-electron chi connectivity index (χ2n) is 5.09. The lowest BCUT2D eigenvalue weighted by molar-refractivity contribution is -0.204. The molecule has 0 aliphatic carbocycles. The molecule has 1 aromatic rings. The Balaban J connectivity index is 2.40. The quantitative estimate of drug-likeness (QED) is 0.616. The zero-order chi connectivity index (χ0) is 17.3. The molecule has 126 valence electrons. The van der Waals surface area contributed by atoms with E-state index in [2.05, 4.69) is 5.32 Å². The number of anilines is 1. The van der Waals surface area contributed by atoms with Crippen LogP contribution in [0.15, 0.2) is 23.8 Å². The lowest BCUT2D eigenvalue weighted by atomic mass is 10.0. The molecule has 0 radical (unpaired) electrons. The summed E-state index contributed by atoms with van der Waals surface area (Å²) in [4.78, 5) is 11.1. The number of carboxylic acid groups (broad SMARTS) is 1. The second kappa shape index (κ2) is 6.31. The van der Waals surface area contributed by atoms with E-state index in [4.69, 9.17) is 21.4 Å². The van der Waals surface area contributed by atoms with Crippen LogP contribution in [0.5, 0.6) is 5.75 Å². The van der Waals surface area contributed by atoms with Crippen LogP contribution in [0.3, 0.4) is 0 Å². The summed E-state index contributed by atoms with van der Waals surface area (Å²) in [5, 5.41) is 8.66. The topological polar surface area (TPSA) is 58.6 Å². The molecule has 0 saturated heterocycles. The smallest absolute Gasteiger partial charge is 0.448 e. The normalized spacial score (nSPS) is 20.3. The maximum atomic E-state index is 13.2. The highest BCUT2D eigenvalue weighted by molar-refractivity contribution is 6.29. The minimum atomic E-state index is -5.08. The summed E-state index contributed by atoms with van der Waals surface area (Å²) in [6.45, 7) is 2.68. The molecule has 1 atom stereocenters. The van der Waals surface area contributed by atoms with Crippen molar-refractivity contribution in [3.8, 4) is 5.75 Å². The molecule has 1 aliphatic heterocycles. The van der Waals surface area contributed by atoms with Gasteiger partial charge in [0.2, 0.25) is 0 Å². The number of alkyl halides is 4. The van der Waals surface area contributed by atoms with Crippen molar-refractivity contribution in [2.24, 2.45) is 0 Å². The summed E-state index contributed by atoms with van der Waals surface area (Å²) < 4.78 is 44.5. The molecule has 0 saturated carbocycles. The van der Waals surface area contributed by atoms with Crippen LogP contribution in [0, 0.1) is 0 Å². The summed E-state index contributed by atoms with van der Waals surface area (Å²) in [7, 11) is 0. The van der Waals surface area contributed by atoms with E-state index < -0.39 is 22.8 Å². The number of carboxylic acids is 1. The third-order valence-corrected chi connectivity index (χ3v) is 3.86. The average molecular weight is 350 g/mol. The molecule has 0 aromatic heterocycles. The molecule has 1 heterocycles. The lowest BCUT2D eigenvalue weighted by Gasteiger charge is -2.34. The molecule has 0 spiro atoms. The first-order valence-corrected chi connectivity index (χ1v) is 7.35. The van der Waals surface area contributed by atoms with Crippen LogP contribution in [0.2, 0.25) is 0 Å². The maximum Gasteiger partial charge on any atom is 0.448 e. The highest BCUT2D eigenvalue weighted by atomic mass is 35.5. The van der Waals surface area contributed by atoms with Gasteiger partial charge in [-0.3, -0.25) is 0 Å². The largest absolute Gasteiger partial charge is 0.478 e. The zero-order valence-electron chi connectivity index (χ0n) is 12.2. The fraction of sp³-hybridized carbons (Fsp3) is 0.400. The SMILES string of the molecule is CCCCNc1ccc2c(c1)OC(Cl)(C(F)(F)F)C(C(=O)O)=C2. The summed E-state index contributed by atoms with van der Waals surface area (Å²) in [6.07, 6.45) is -2.32. The molecular formula is C15H15ClF3NO3. The van der Waals surface area contributed by atoms with Crippen LogP contribution < -0.4 is 10.1 Å². The number of unbranched alkanes of at least 4 members (excludes halogenated alkanes) is 1. The number of halogens is 4. The van der Waals surface area contributed by atoms with Gasteiger partial charge in [-0.25, -0.2) is 4.79 Å². The monoisotopic (exact) mass is 349 g/mol. The van der Waals surface area contributed by atoms with Crippen LogP contribution in [0.1, 0.15) is 25.3 Å². The van der Waals surface area contributed by atoms with Gasteiger partial charge in [0, 0.05) is 23.9 Å². The van der Waals surface area contributed by atoms with Gasteiger partial charge in [-0.05, 0) is 24.6 Å². The van der Waals surface area contributed by atoms with Crippen molar-refractivity contribution in [3.05, 3.63) is 29.3 Å². The third kappa shape index (κ3) is 3.39. The third-order valence-electron chi connectivity index (χ3n) is 3.36. The van der Waals surface area contributed by atoms with Crippen LogP contribution in [-0.2, 0) is 4.79 Å². The minimum Gasteiger partial charge on any atom is -0.478 e. The first-order valence-electron chi connectivity index (χ1n) is 6.97. The molecule has 23 heavy (non-hydrogen) atoms. The number of hydrogen-bond acceptors (Lipinski definition) is 3. The number of aliphatic carboxylic acids is 1. The predicted molar refractivity (Wildman–Crippen MR) is 80.7 cm³/mol. The summed E-state index contributed by atoms with van der Waals surface area (Å²) in [5.74, 6) is -1.91. The lowest BCUT2D eigenvalue weighted by Crippen LogP contribution is -2.50. The van der Waals surface area contributed by atoms with Gasteiger partial charge in [-0.15, -0.1) is 0 Å². The van der Waals surface area contributed by atoms with E-state index in [1.807, 2.05) is 6.92 Å². The summed E-state index contributed by atoms with van der Waals surface area (Å²) >= 11 is 5.50. The van der Waals surface area contributed by atoms with Crippen LogP contribution in [0.4, 0.5) is 18.9 Å². The molecule has 1 unspecified atom stereocenters. The van der Waals surface area contributed by atoms with Gasteiger partial charge in [0.1, 0.15) is 11.3 Å². The minimum absolute atomic E-state index is 0.121. The Morgan fingerprint density at radius 1 is 1.43 bits per heavy atom. The van der Waals surface area contributed by atoms with E-state index in [1.54, 1.807) is 6.07 Å². The number of benzene rings is 1. The van der Waals surface area contributed by atoms with Crippen molar-refractivity contribution in [2.75, 3.05) is 11.9 Å².